The number of rotatable bonds is 4. The van der Waals surface area contributed by atoms with Crippen molar-refractivity contribution in [2.75, 3.05) is 6.54 Å². The summed E-state index contributed by atoms with van der Waals surface area (Å²) in [6, 6.07) is 0.327. The molecule has 1 aromatic rings. The number of carbonyl (C=O) groups excluding carboxylic acids is 1. The van der Waals surface area contributed by atoms with E-state index >= 15 is 0 Å². The molecule has 1 aromatic heterocycles. The molecule has 5 nitrogen and oxygen atoms in total. The van der Waals surface area contributed by atoms with Gasteiger partial charge in [-0.1, -0.05) is 13.8 Å². The number of hydrogen-bond donors (Lipinski definition) is 1. The molecule has 0 radical (unpaired) electrons. The van der Waals surface area contributed by atoms with Crippen LogP contribution in [0.15, 0.2) is 0 Å². The van der Waals surface area contributed by atoms with Gasteiger partial charge in [-0.15, -0.1) is 0 Å². The predicted octanol–water partition coefficient (Wildman–Crippen LogP) is 1.14. The molecule has 2 heterocycles. The minimum atomic E-state index is -0.0164. The number of nitrogens with zero attached hydrogens (tertiary/aromatic N) is 3. The standard InChI is InChI=1S/C14H24N4O/c1-9(2)15-13-6-7-18(14(13)19)8-12-10(3)16-17(5)11(12)4/h9,13,15H,6-8H2,1-5H3. The van der Waals surface area contributed by atoms with Gasteiger partial charge in [-0.2, -0.15) is 5.10 Å². The van der Waals surface area contributed by atoms with Crippen LogP contribution in [0.3, 0.4) is 0 Å². The molecule has 1 atom stereocenters. The summed E-state index contributed by atoms with van der Waals surface area (Å²) in [6.07, 6.45) is 0.898. The van der Waals surface area contributed by atoms with Crippen molar-refractivity contribution in [3.63, 3.8) is 0 Å². The van der Waals surface area contributed by atoms with E-state index < -0.39 is 0 Å². The molecule has 5 heteroatoms. The summed E-state index contributed by atoms with van der Waals surface area (Å²) < 4.78 is 1.88. The van der Waals surface area contributed by atoms with E-state index in [2.05, 4.69) is 31.2 Å². The normalized spacial score (nSPS) is 19.8. The number of amides is 1. The monoisotopic (exact) mass is 264 g/mol. The van der Waals surface area contributed by atoms with Crippen molar-refractivity contribution in [1.82, 2.24) is 20.0 Å². The number of carbonyl (C=O) groups is 1. The van der Waals surface area contributed by atoms with Crippen LogP contribution in [0.4, 0.5) is 0 Å². The Hall–Kier alpha value is -1.36. The highest BCUT2D eigenvalue weighted by Crippen LogP contribution is 2.19. The zero-order chi connectivity index (χ0) is 14.2. The predicted molar refractivity (Wildman–Crippen MR) is 74.8 cm³/mol. The van der Waals surface area contributed by atoms with Gasteiger partial charge in [0, 0.05) is 37.4 Å². The molecule has 19 heavy (non-hydrogen) atoms. The molecular formula is C14H24N4O. The maximum atomic E-state index is 12.3. The number of nitrogens with one attached hydrogen (secondary N) is 1. The Bertz CT molecular complexity index is 478. The van der Waals surface area contributed by atoms with Crippen LogP contribution < -0.4 is 5.32 Å². The van der Waals surface area contributed by atoms with E-state index in [0.717, 1.165) is 24.4 Å². The first kappa shape index (κ1) is 14.1. The van der Waals surface area contributed by atoms with Crippen molar-refractivity contribution >= 4 is 5.91 Å². The zero-order valence-corrected chi connectivity index (χ0v) is 12.5. The lowest BCUT2D eigenvalue weighted by Crippen LogP contribution is -2.41. The molecule has 1 aliphatic heterocycles. The quantitative estimate of drug-likeness (QED) is 0.887. The molecule has 106 valence electrons. The lowest BCUT2D eigenvalue weighted by atomic mass is 10.2. The van der Waals surface area contributed by atoms with E-state index in [4.69, 9.17) is 0 Å². The van der Waals surface area contributed by atoms with E-state index in [1.54, 1.807) is 0 Å². The zero-order valence-electron chi connectivity index (χ0n) is 12.5. The van der Waals surface area contributed by atoms with Crippen molar-refractivity contribution in [1.29, 1.82) is 0 Å². The van der Waals surface area contributed by atoms with Gasteiger partial charge in [-0.25, -0.2) is 0 Å². The van der Waals surface area contributed by atoms with Gasteiger partial charge in [0.25, 0.3) is 0 Å². The van der Waals surface area contributed by atoms with E-state index in [0.29, 0.717) is 12.6 Å². The smallest absolute Gasteiger partial charge is 0.240 e. The minimum Gasteiger partial charge on any atom is -0.337 e. The largest absolute Gasteiger partial charge is 0.337 e. The van der Waals surface area contributed by atoms with Gasteiger partial charge in [-0.3, -0.25) is 9.48 Å². The summed E-state index contributed by atoms with van der Waals surface area (Å²) in [5.74, 6) is 0.219. The minimum absolute atomic E-state index is 0.0164. The highest BCUT2D eigenvalue weighted by atomic mass is 16.2. The lowest BCUT2D eigenvalue weighted by molar-refractivity contribution is -0.130. The molecule has 1 unspecified atom stereocenters. The van der Waals surface area contributed by atoms with Gasteiger partial charge in [0.15, 0.2) is 0 Å². The summed E-state index contributed by atoms with van der Waals surface area (Å²) in [7, 11) is 1.95. The number of aryl methyl sites for hydroxylation is 2. The number of aromatic nitrogens is 2. The Morgan fingerprint density at radius 3 is 2.63 bits per heavy atom. The topological polar surface area (TPSA) is 50.2 Å². The second-order valence-corrected chi connectivity index (χ2v) is 5.70. The SMILES string of the molecule is Cc1nn(C)c(C)c1CN1CCC(NC(C)C)C1=O. The average Bonchev–Trinajstić information content (AvgIpc) is 2.76. The first-order chi connectivity index (χ1) is 8.90. The third kappa shape index (κ3) is 2.81. The van der Waals surface area contributed by atoms with Crippen molar-refractivity contribution < 1.29 is 4.79 Å². The Morgan fingerprint density at radius 2 is 2.11 bits per heavy atom. The van der Waals surface area contributed by atoms with Crippen LogP contribution >= 0.6 is 0 Å². The molecule has 2 rings (SSSR count). The Labute approximate surface area is 115 Å². The maximum Gasteiger partial charge on any atom is 0.240 e. The average molecular weight is 264 g/mol. The van der Waals surface area contributed by atoms with E-state index in [1.807, 2.05) is 23.6 Å². The highest BCUT2D eigenvalue weighted by Gasteiger charge is 2.32. The Kier molecular flexibility index (Phi) is 3.94. The van der Waals surface area contributed by atoms with Crippen LogP contribution in [0.2, 0.25) is 0 Å². The van der Waals surface area contributed by atoms with Crippen LogP contribution in [0.1, 0.15) is 37.2 Å². The molecule has 1 N–H and O–H groups in total. The van der Waals surface area contributed by atoms with E-state index in [1.165, 1.54) is 5.56 Å². The van der Waals surface area contributed by atoms with Crippen LogP contribution in [0.5, 0.6) is 0 Å². The summed E-state index contributed by atoms with van der Waals surface area (Å²) >= 11 is 0. The van der Waals surface area contributed by atoms with Crippen molar-refractivity contribution in [3.05, 3.63) is 17.0 Å². The van der Waals surface area contributed by atoms with E-state index in [9.17, 15) is 4.79 Å². The van der Waals surface area contributed by atoms with Gasteiger partial charge >= 0.3 is 0 Å². The van der Waals surface area contributed by atoms with Crippen molar-refractivity contribution in [3.8, 4) is 0 Å². The fourth-order valence-electron chi connectivity index (χ4n) is 2.69. The van der Waals surface area contributed by atoms with Crippen LogP contribution in [-0.2, 0) is 18.4 Å². The summed E-state index contributed by atoms with van der Waals surface area (Å²) in [5, 5.41) is 7.74. The van der Waals surface area contributed by atoms with Crippen LogP contribution in [0.25, 0.3) is 0 Å². The van der Waals surface area contributed by atoms with Gasteiger partial charge in [0.2, 0.25) is 5.91 Å². The van der Waals surface area contributed by atoms with Crippen LogP contribution in [0, 0.1) is 13.8 Å². The fraction of sp³-hybridized carbons (Fsp3) is 0.714. The molecule has 0 aromatic carbocycles. The Morgan fingerprint density at radius 1 is 1.42 bits per heavy atom. The number of hydrogen-bond acceptors (Lipinski definition) is 3. The molecule has 0 aliphatic carbocycles. The van der Waals surface area contributed by atoms with Gasteiger partial charge in [0.1, 0.15) is 0 Å². The molecule has 1 amide bonds. The first-order valence-electron chi connectivity index (χ1n) is 6.94. The second kappa shape index (κ2) is 5.33. The maximum absolute atomic E-state index is 12.3. The molecule has 0 saturated carbocycles. The molecular weight excluding hydrogens is 240 g/mol. The molecule has 0 bridgehead atoms. The molecule has 1 fully saturated rings. The second-order valence-electron chi connectivity index (χ2n) is 5.70. The van der Waals surface area contributed by atoms with Crippen molar-refractivity contribution in [2.24, 2.45) is 7.05 Å². The van der Waals surface area contributed by atoms with Gasteiger partial charge in [-0.05, 0) is 20.3 Å². The third-order valence-electron chi connectivity index (χ3n) is 3.84. The lowest BCUT2D eigenvalue weighted by Gasteiger charge is -2.18. The first-order valence-corrected chi connectivity index (χ1v) is 6.94. The van der Waals surface area contributed by atoms with Gasteiger partial charge in [0.05, 0.1) is 11.7 Å². The number of likely N-dealkylation sites (tertiary alicyclic amines) is 1. The molecule has 0 spiro atoms. The highest BCUT2D eigenvalue weighted by molar-refractivity contribution is 5.84. The Balaban J connectivity index is 2.07. The third-order valence-corrected chi connectivity index (χ3v) is 3.84. The molecule has 1 aliphatic rings. The molecule has 1 saturated heterocycles. The summed E-state index contributed by atoms with van der Waals surface area (Å²) in [4.78, 5) is 14.3. The fourth-order valence-corrected chi connectivity index (χ4v) is 2.69. The van der Waals surface area contributed by atoms with Crippen LogP contribution in [-0.4, -0.2) is 39.2 Å². The summed E-state index contributed by atoms with van der Waals surface area (Å²) in [6.45, 7) is 9.72. The van der Waals surface area contributed by atoms with Crippen molar-refractivity contribution in [2.45, 2.75) is 52.7 Å². The van der Waals surface area contributed by atoms with Gasteiger partial charge < -0.3 is 10.2 Å². The summed E-state index contributed by atoms with van der Waals surface area (Å²) in [5.41, 5.74) is 3.35. The van der Waals surface area contributed by atoms with E-state index in [-0.39, 0.29) is 11.9 Å².